The van der Waals surface area contributed by atoms with Crippen LogP contribution in [0.25, 0.3) is 0 Å². The maximum Gasteiger partial charge on any atom is 0.172 e. The van der Waals surface area contributed by atoms with Crippen molar-refractivity contribution in [1.29, 1.82) is 0 Å². The highest BCUT2D eigenvalue weighted by molar-refractivity contribution is 14.1. The van der Waals surface area contributed by atoms with E-state index in [-0.39, 0.29) is 23.1 Å². The highest BCUT2D eigenvalue weighted by atomic mass is 127. The molecular weight excluding hydrogens is 419 g/mol. The third-order valence-electron chi connectivity index (χ3n) is 6.94. The number of rotatable bonds is 1. The van der Waals surface area contributed by atoms with Gasteiger partial charge in [0.25, 0.3) is 0 Å². The quantitative estimate of drug-likeness (QED) is 0.649. The number of hydrogen-bond donors (Lipinski definition) is 2. The molecule has 5 atom stereocenters. The lowest BCUT2D eigenvalue weighted by molar-refractivity contribution is -0.0208. The lowest BCUT2D eigenvalue weighted by Crippen LogP contribution is -2.45. The second-order valence-electron chi connectivity index (χ2n) is 7.85. The number of aliphatic hydroxyl groups is 1. The third-order valence-corrected chi connectivity index (χ3v) is 7.99. The van der Waals surface area contributed by atoms with Crippen molar-refractivity contribution >= 4 is 28.4 Å². The molecule has 0 radical (unpaired) electrons. The highest BCUT2D eigenvalue weighted by Crippen LogP contribution is 2.61. The summed E-state index contributed by atoms with van der Waals surface area (Å²) < 4.78 is 5.94. The molecule has 1 aromatic rings. The second kappa shape index (κ2) is 5.59. The molecule has 4 nitrogen and oxygen atoms in total. The zero-order chi connectivity index (χ0) is 17.2. The third kappa shape index (κ3) is 2.09. The number of carbonyl (C=O) groups excluding carboxylic acids is 1. The molecule has 3 aliphatic rings. The Kier molecular flexibility index (Phi) is 3.88. The predicted molar refractivity (Wildman–Crippen MR) is 98.6 cm³/mol. The zero-order valence-electron chi connectivity index (χ0n) is 14.0. The molecular formula is C19H23IO4. The summed E-state index contributed by atoms with van der Waals surface area (Å²) in [6.07, 6.45) is 4.13. The number of aliphatic hydroxyl groups excluding tert-OH is 1. The Balaban J connectivity index is 1.83. The van der Waals surface area contributed by atoms with Gasteiger partial charge in [-0.3, -0.25) is 4.79 Å². The maximum absolute atomic E-state index is 12.9. The Bertz CT molecular complexity index is 716. The molecule has 3 aliphatic carbocycles. The van der Waals surface area contributed by atoms with Gasteiger partial charge in [-0.15, -0.1) is 0 Å². The van der Waals surface area contributed by atoms with Crippen LogP contribution in [0.4, 0.5) is 0 Å². The monoisotopic (exact) mass is 442 g/mol. The normalized spacial score (nSPS) is 37.6. The maximum atomic E-state index is 12.9. The second-order valence-corrected chi connectivity index (χ2v) is 8.93. The van der Waals surface area contributed by atoms with Crippen LogP contribution >= 0.6 is 22.6 Å². The Labute approximate surface area is 155 Å². The molecule has 0 aromatic heterocycles. The highest BCUT2D eigenvalue weighted by Gasteiger charge is 2.55. The molecule has 0 heterocycles. The number of carbonyl (C=O) groups is 1. The van der Waals surface area contributed by atoms with Crippen molar-refractivity contribution in [2.75, 3.05) is 7.11 Å². The van der Waals surface area contributed by atoms with Gasteiger partial charge in [0.15, 0.2) is 17.3 Å². The molecule has 2 fully saturated rings. The van der Waals surface area contributed by atoms with Gasteiger partial charge in [0.2, 0.25) is 0 Å². The van der Waals surface area contributed by atoms with Crippen molar-refractivity contribution in [2.24, 2.45) is 17.3 Å². The average molecular weight is 442 g/mol. The first kappa shape index (κ1) is 16.6. The Morgan fingerprint density at radius 2 is 2.08 bits per heavy atom. The minimum atomic E-state index is -0.241. The van der Waals surface area contributed by atoms with Crippen molar-refractivity contribution in [2.45, 2.75) is 51.0 Å². The molecule has 0 saturated heterocycles. The topological polar surface area (TPSA) is 66.8 Å². The van der Waals surface area contributed by atoms with Crippen molar-refractivity contribution in [3.8, 4) is 11.5 Å². The number of benzene rings is 1. The summed E-state index contributed by atoms with van der Waals surface area (Å²) in [5.74, 6) is 1.67. The van der Waals surface area contributed by atoms with Crippen LogP contribution in [0.15, 0.2) is 6.07 Å². The summed E-state index contributed by atoms with van der Waals surface area (Å²) in [5.41, 5.74) is 1.68. The van der Waals surface area contributed by atoms with Crippen molar-refractivity contribution < 1.29 is 19.7 Å². The lowest BCUT2D eigenvalue weighted by atomic mass is 9.55. The fourth-order valence-corrected chi connectivity index (χ4v) is 6.49. The number of ether oxygens (including phenoxy) is 1. The van der Waals surface area contributed by atoms with Crippen LogP contribution in [-0.2, 0) is 0 Å². The summed E-state index contributed by atoms with van der Waals surface area (Å²) in [6, 6.07) is 1.87. The molecule has 0 bridgehead atoms. The summed E-state index contributed by atoms with van der Waals surface area (Å²) >= 11 is 2.06. The van der Waals surface area contributed by atoms with Crippen LogP contribution < -0.4 is 4.74 Å². The summed E-state index contributed by atoms with van der Waals surface area (Å²) in [6.45, 7) is 2.20. The fourth-order valence-electron chi connectivity index (χ4n) is 5.61. The molecule has 2 N–H and O–H groups in total. The van der Waals surface area contributed by atoms with E-state index >= 15 is 0 Å². The molecule has 2 saturated carbocycles. The molecule has 0 aliphatic heterocycles. The van der Waals surface area contributed by atoms with Gasteiger partial charge in [-0.1, -0.05) is 6.92 Å². The molecule has 0 spiro atoms. The predicted octanol–water partition coefficient (Wildman–Crippen LogP) is 3.86. The van der Waals surface area contributed by atoms with Crippen LogP contribution in [0.3, 0.4) is 0 Å². The number of hydrogen-bond acceptors (Lipinski definition) is 4. The number of halogens is 1. The first-order chi connectivity index (χ1) is 11.4. The molecule has 130 valence electrons. The standard InChI is InChI=1S/C19H23IO4/c1-19-6-5-9-10(12(19)3-4-15(19)22)7-13(21)16-11(9)8-14(24-2)18(23)17(16)20/h8-10,12,15,22-23H,3-7H2,1-2H3/t9?,10?,12?,15?,19-/m0/s1. The number of methoxy groups -OCH3 is 1. The largest absolute Gasteiger partial charge is 0.504 e. The molecule has 4 rings (SSSR count). The Hall–Kier alpha value is -0.820. The molecule has 4 unspecified atom stereocenters. The van der Waals surface area contributed by atoms with Crippen LogP contribution in [0, 0.1) is 20.8 Å². The molecule has 1 aromatic carbocycles. The van der Waals surface area contributed by atoms with E-state index in [9.17, 15) is 15.0 Å². The van der Waals surface area contributed by atoms with E-state index in [2.05, 4.69) is 29.5 Å². The number of aromatic hydroxyl groups is 1. The number of phenols is 1. The molecule has 5 heteroatoms. The summed E-state index contributed by atoms with van der Waals surface area (Å²) in [4.78, 5) is 12.9. The van der Waals surface area contributed by atoms with E-state index in [0.717, 1.165) is 31.2 Å². The summed E-state index contributed by atoms with van der Waals surface area (Å²) in [7, 11) is 1.55. The lowest BCUT2D eigenvalue weighted by Gasteiger charge is -2.49. The van der Waals surface area contributed by atoms with Crippen LogP contribution in [0.5, 0.6) is 11.5 Å². The van der Waals surface area contributed by atoms with Gasteiger partial charge in [0, 0.05) is 12.0 Å². The van der Waals surface area contributed by atoms with Gasteiger partial charge in [0.05, 0.1) is 16.8 Å². The van der Waals surface area contributed by atoms with E-state index in [0.29, 0.717) is 39.1 Å². The van der Waals surface area contributed by atoms with E-state index in [4.69, 9.17) is 4.74 Å². The number of ketones is 1. The first-order valence-corrected chi connectivity index (χ1v) is 9.77. The fraction of sp³-hybridized carbons (Fsp3) is 0.632. The van der Waals surface area contributed by atoms with Crippen LogP contribution in [-0.4, -0.2) is 29.2 Å². The van der Waals surface area contributed by atoms with Gasteiger partial charge in [-0.25, -0.2) is 0 Å². The SMILES string of the molecule is COc1cc2c(c(I)c1O)C(=O)CC1C2CC[C@]2(C)C(O)CCC12. The minimum absolute atomic E-state index is 0.0485. The van der Waals surface area contributed by atoms with Gasteiger partial charge in [0.1, 0.15) is 0 Å². The minimum Gasteiger partial charge on any atom is -0.504 e. The first-order valence-electron chi connectivity index (χ1n) is 8.69. The smallest absolute Gasteiger partial charge is 0.172 e. The molecule has 24 heavy (non-hydrogen) atoms. The van der Waals surface area contributed by atoms with Crippen molar-refractivity contribution in [3.63, 3.8) is 0 Å². The van der Waals surface area contributed by atoms with E-state index < -0.39 is 0 Å². The van der Waals surface area contributed by atoms with Crippen LogP contribution in [0.2, 0.25) is 0 Å². The number of fused-ring (bicyclic) bond motifs is 5. The van der Waals surface area contributed by atoms with Gasteiger partial charge < -0.3 is 14.9 Å². The number of phenolic OH excluding ortho intramolecular Hbond substituents is 1. The summed E-state index contributed by atoms with van der Waals surface area (Å²) in [5, 5.41) is 20.7. The van der Waals surface area contributed by atoms with Gasteiger partial charge >= 0.3 is 0 Å². The average Bonchev–Trinajstić information content (AvgIpc) is 2.86. The Morgan fingerprint density at radius 3 is 2.79 bits per heavy atom. The van der Waals surface area contributed by atoms with E-state index in [1.807, 2.05) is 6.07 Å². The molecule has 0 amide bonds. The van der Waals surface area contributed by atoms with Gasteiger partial charge in [-0.2, -0.15) is 0 Å². The van der Waals surface area contributed by atoms with E-state index in [1.54, 1.807) is 7.11 Å². The Morgan fingerprint density at radius 1 is 1.33 bits per heavy atom. The van der Waals surface area contributed by atoms with E-state index in [1.165, 1.54) is 0 Å². The number of Topliss-reactive ketones (excluding diaryl/α,β-unsaturated/α-hetero) is 1. The van der Waals surface area contributed by atoms with Gasteiger partial charge in [-0.05, 0) is 83.1 Å². The van der Waals surface area contributed by atoms with Crippen molar-refractivity contribution in [3.05, 3.63) is 20.8 Å². The zero-order valence-corrected chi connectivity index (χ0v) is 16.2. The van der Waals surface area contributed by atoms with Crippen molar-refractivity contribution in [1.82, 2.24) is 0 Å². The van der Waals surface area contributed by atoms with Crippen LogP contribution in [0.1, 0.15) is 60.9 Å².